The summed E-state index contributed by atoms with van der Waals surface area (Å²) in [6.45, 7) is 0. The van der Waals surface area contributed by atoms with E-state index in [0.29, 0.717) is 18.4 Å². The van der Waals surface area contributed by atoms with E-state index in [9.17, 15) is 4.79 Å². The summed E-state index contributed by atoms with van der Waals surface area (Å²) < 4.78 is 1.13. The van der Waals surface area contributed by atoms with E-state index in [1.54, 1.807) is 0 Å². The van der Waals surface area contributed by atoms with Gasteiger partial charge in [0, 0.05) is 35.1 Å². The van der Waals surface area contributed by atoms with Crippen molar-refractivity contribution in [1.29, 1.82) is 0 Å². The number of hydrogen-bond acceptors (Lipinski definition) is 5. The highest BCUT2D eigenvalue weighted by molar-refractivity contribution is 14.1. The summed E-state index contributed by atoms with van der Waals surface area (Å²) in [5, 5.41) is 7.80. The number of halogens is 1. The van der Waals surface area contributed by atoms with E-state index in [2.05, 4.69) is 39.3 Å². The number of fused-ring (bicyclic) bond motifs is 1. The van der Waals surface area contributed by atoms with Gasteiger partial charge < -0.3 is 15.5 Å². The van der Waals surface area contributed by atoms with Crippen LogP contribution in [0.25, 0.3) is 10.9 Å². The first kappa shape index (κ1) is 21.8. The molecule has 1 amide bonds. The summed E-state index contributed by atoms with van der Waals surface area (Å²) >= 11 is 2.29. The zero-order chi connectivity index (χ0) is 21.8. The quantitative estimate of drug-likeness (QED) is 0.464. The maximum Gasteiger partial charge on any atom is 0.225 e. The third-order valence-electron chi connectivity index (χ3n) is 5.74. The molecule has 0 bridgehead atoms. The Morgan fingerprint density at radius 1 is 1.00 bits per heavy atom. The van der Waals surface area contributed by atoms with Crippen LogP contribution in [0.4, 0.5) is 11.8 Å². The van der Waals surface area contributed by atoms with Crippen molar-refractivity contribution in [3.8, 4) is 0 Å². The number of hydrogen-bond donors (Lipinski definition) is 2. The summed E-state index contributed by atoms with van der Waals surface area (Å²) in [6.07, 6.45) is 4.34. The average Bonchev–Trinajstić information content (AvgIpc) is 2.76. The third-order valence-corrected chi connectivity index (χ3v) is 6.79. The number of anilines is 2. The molecule has 2 N–H and O–H groups in total. The normalized spacial score (nSPS) is 18.5. The molecule has 6 nitrogen and oxygen atoms in total. The average molecular weight is 529 g/mol. The second-order valence-corrected chi connectivity index (χ2v) is 9.47. The smallest absolute Gasteiger partial charge is 0.225 e. The van der Waals surface area contributed by atoms with Crippen molar-refractivity contribution in [3.63, 3.8) is 0 Å². The van der Waals surface area contributed by atoms with Crippen LogP contribution in [0.3, 0.4) is 0 Å². The van der Waals surface area contributed by atoms with Crippen molar-refractivity contribution in [3.05, 3.63) is 57.7 Å². The number of nitrogens with one attached hydrogen (secondary N) is 2. The third kappa shape index (κ3) is 5.44. The molecule has 1 saturated carbocycles. The van der Waals surface area contributed by atoms with Crippen LogP contribution >= 0.6 is 22.6 Å². The Balaban J connectivity index is 1.33. The summed E-state index contributed by atoms with van der Waals surface area (Å²) in [7, 11) is 4.01. The number of nitrogens with zero attached hydrogens (tertiary/aromatic N) is 3. The monoisotopic (exact) mass is 529 g/mol. The molecule has 162 valence electrons. The number of rotatable bonds is 6. The molecule has 0 radical (unpaired) electrons. The van der Waals surface area contributed by atoms with Crippen LogP contribution in [-0.2, 0) is 11.2 Å². The Kier molecular flexibility index (Phi) is 6.89. The lowest BCUT2D eigenvalue weighted by molar-refractivity contribution is -0.121. The predicted molar refractivity (Wildman–Crippen MR) is 135 cm³/mol. The molecule has 1 fully saturated rings. The molecule has 31 heavy (non-hydrogen) atoms. The Bertz CT molecular complexity index is 1060. The molecule has 0 aliphatic heterocycles. The fraction of sp³-hybridized carbons (Fsp3) is 0.375. The fourth-order valence-electron chi connectivity index (χ4n) is 4.12. The van der Waals surface area contributed by atoms with Crippen LogP contribution in [-0.4, -0.2) is 42.1 Å². The van der Waals surface area contributed by atoms with Crippen LogP contribution in [0, 0.1) is 3.57 Å². The van der Waals surface area contributed by atoms with Gasteiger partial charge in [-0.1, -0.05) is 30.3 Å². The zero-order valence-corrected chi connectivity index (χ0v) is 20.1. The molecular formula is C24H28IN5O. The lowest BCUT2D eigenvalue weighted by atomic mass is 9.91. The number of carbonyl (C=O) groups is 1. The van der Waals surface area contributed by atoms with Crippen molar-refractivity contribution < 1.29 is 4.79 Å². The summed E-state index contributed by atoms with van der Waals surface area (Å²) in [6, 6.07) is 16.7. The summed E-state index contributed by atoms with van der Waals surface area (Å²) in [5.74, 6) is 1.70. The van der Waals surface area contributed by atoms with Gasteiger partial charge in [0.1, 0.15) is 5.82 Å². The fourth-order valence-corrected chi connectivity index (χ4v) is 4.70. The van der Waals surface area contributed by atoms with Crippen molar-refractivity contribution in [2.75, 3.05) is 24.3 Å². The highest BCUT2D eigenvalue weighted by Crippen LogP contribution is 2.26. The Labute approximate surface area is 197 Å². The van der Waals surface area contributed by atoms with Gasteiger partial charge in [0.2, 0.25) is 11.9 Å². The summed E-state index contributed by atoms with van der Waals surface area (Å²) in [5.41, 5.74) is 2.03. The molecule has 0 atom stereocenters. The van der Waals surface area contributed by atoms with Crippen LogP contribution in [0.5, 0.6) is 0 Å². The highest BCUT2D eigenvalue weighted by Gasteiger charge is 2.23. The van der Waals surface area contributed by atoms with Crippen LogP contribution in [0.2, 0.25) is 0 Å². The molecule has 4 rings (SSSR count). The maximum absolute atomic E-state index is 12.5. The lowest BCUT2D eigenvalue weighted by Crippen LogP contribution is -2.41. The van der Waals surface area contributed by atoms with Crippen LogP contribution in [0.1, 0.15) is 31.2 Å². The lowest BCUT2D eigenvalue weighted by Gasteiger charge is -2.30. The standard InChI is InChI=1S/C24H28IN5O/c1-30(2)23-19-8-4-6-10-21(19)28-24(29-23)27-18-13-11-17(12-14-18)26-22(31)15-16-7-3-5-9-20(16)25/h3-10,17-18H,11-15H2,1-2H3,(H,26,31)(H,27,28,29)/t17-,18+. The van der Waals surface area contributed by atoms with Gasteiger partial charge in [0.05, 0.1) is 11.9 Å². The van der Waals surface area contributed by atoms with Gasteiger partial charge in [-0.3, -0.25) is 4.79 Å². The van der Waals surface area contributed by atoms with E-state index in [-0.39, 0.29) is 11.9 Å². The zero-order valence-electron chi connectivity index (χ0n) is 17.9. The first-order valence-corrected chi connectivity index (χ1v) is 11.8. The SMILES string of the molecule is CN(C)c1nc(N[C@H]2CC[C@@H](NC(=O)Cc3ccccc3I)CC2)nc2ccccc12. The molecule has 1 aliphatic rings. The number of aromatic nitrogens is 2. The van der Waals surface area contributed by atoms with E-state index in [1.807, 2.05) is 61.5 Å². The van der Waals surface area contributed by atoms with Gasteiger partial charge in [-0.05, 0) is 72.0 Å². The minimum Gasteiger partial charge on any atom is -0.362 e. The molecule has 3 aromatic rings. The van der Waals surface area contributed by atoms with E-state index in [0.717, 1.165) is 51.5 Å². The molecular weight excluding hydrogens is 501 g/mol. The van der Waals surface area contributed by atoms with E-state index >= 15 is 0 Å². The Hall–Kier alpha value is -2.42. The van der Waals surface area contributed by atoms with E-state index in [1.165, 1.54) is 0 Å². The molecule has 7 heteroatoms. The molecule has 0 spiro atoms. The van der Waals surface area contributed by atoms with Gasteiger partial charge in [0.25, 0.3) is 0 Å². The minimum absolute atomic E-state index is 0.106. The highest BCUT2D eigenvalue weighted by atomic mass is 127. The van der Waals surface area contributed by atoms with Crippen LogP contribution < -0.4 is 15.5 Å². The number of carbonyl (C=O) groups excluding carboxylic acids is 1. The second-order valence-electron chi connectivity index (χ2n) is 8.31. The molecule has 0 saturated heterocycles. The molecule has 1 aliphatic carbocycles. The maximum atomic E-state index is 12.5. The van der Waals surface area contributed by atoms with Crippen molar-refractivity contribution in [2.24, 2.45) is 0 Å². The first-order chi connectivity index (χ1) is 15.0. The Morgan fingerprint density at radius 3 is 2.42 bits per heavy atom. The summed E-state index contributed by atoms with van der Waals surface area (Å²) in [4.78, 5) is 24.0. The van der Waals surface area contributed by atoms with Gasteiger partial charge in [-0.25, -0.2) is 4.98 Å². The first-order valence-electron chi connectivity index (χ1n) is 10.7. The number of amides is 1. The minimum atomic E-state index is 0.106. The van der Waals surface area contributed by atoms with Crippen molar-refractivity contribution in [1.82, 2.24) is 15.3 Å². The molecule has 0 unspecified atom stereocenters. The van der Waals surface area contributed by atoms with Crippen molar-refractivity contribution >= 4 is 51.2 Å². The van der Waals surface area contributed by atoms with Crippen molar-refractivity contribution in [2.45, 2.75) is 44.2 Å². The predicted octanol–water partition coefficient (Wildman–Crippen LogP) is 4.38. The Morgan fingerprint density at radius 2 is 1.68 bits per heavy atom. The van der Waals surface area contributed by atoms with E-state index in [4.69, 9.17) is 9.97 Å². The largest absolute Gasteiger partial charge is 0.362 e. The molecule has 1 heterocycles. The topological polar surface area (TPSA) is 70.2 Å². The van der Waals surface area contributed by atoms with Crippen LogP contribution in [0.15, 0.2) is 48.5 Å². The molecule has 2 aromatic carbocycles. The van der Waals surface area contributed by atoms with E-state index < -0.39 is 0 Å². The number of para-hydroxylation sites is 1. The number of benzene rings is 2. The molecule has 1 aromatic heterocycles. The van der Waals surface area contributed by atoms with Gasteiger partial charge in [-0.2, -0.15) is 4.98 Å². The van der Waals surface area contributed by atoms with Gasteiger partial charge >= 0.3 is 0 Å². The second kappa shape index (κ2) is 9.80. The van der Waals surface area contributed by atoms with Gasteiger partial charge in [-0.15, -0.1) is 0 Å². The van der Waals surface area contributed by atoms with Gasteiger partial charge in [0.15, 0.2) is 0 Å².